The van der Waals surface area contributed by atoms with Crippen LogP contribution in [0.5, 0.6) is 5.88 Å². The van der Waals surface area contributed by atoms with Gasteiger partial charge >= 0.3 is 0 Å². The highest BCUT2D eigenvalue weighted by atomic mass is 35.5. The highest BCUT2D eigenvalue weighted by Gasteiger charge is 2.15. The summed E-state index contributed by atoms with van der Waals surface area (Å²) in [5, 5.41) is 3.29. The minimum Gasteiger partial charge on any atom is -0.474 e. The van der Waals surface area contributed by atoms with E-state index in [4.69, 9.17) is 16.3 Å². The summed E-state index contributed by atoms with van der Waals surface area (Å²) in [5.41, 5.74) is 0.461. The van der Waals surface area contributed by atoms with Crippen molar-refractivity contribution in [1.82, 2.24) is 15.2 Å². The molecule has 0 saturated carbocycles. The second-order valence-corrected chi connectivity index (χ2v) is 7.22. The lowest BCUT2D eigenvalue weighted by Gasteiger charge is -2.30. The maximum Gasteiger partial charge on any atom is 0.252 e. The molecule has 0 unspecified atom stereocenters. The van der Waals surface area contributed by atoms with Gasteiger partial charge in [-0.05, 0) is 64.7 Å². The molecule has 1 aliphatic rings. The predicted octanol–water partition coefficient (Wildman–Crippen LogP) is 3.37. The van der Waals surface area contributed by atoms with Gasteiger partial charge in [0.1, 0.15) is 5.02 Å². The van der Waals surface area contributed by atoms with Gasteiger partial charge in [-0.25, -0.2) is 4.98 Å². The topological polar surface area (TPSA) is 54.5 Å². The zero-order valence-electron chi connectivity index (χ0n) is 14.8. The quantitative estimate of drug-likeness (QED) is 0.763. The van der Waals surface area contributed by atoms with Crippen molar-refractivity contribution in [3.8, 4) is 5.88 Å². The van der Waals surface area contributed by atoms with Gasteiger partial charge in [-0.15, -0.1) is 0 Å². The van der Waals surface area contributed by atoms with Crippen molar-refractivity contribution in [2.24, 2.45) is 5.92 Å². The van der Waals surface area contributed by atoms with Gasteiger partial charge in [-0.2, -0.15) is 0 Å². The fourth-order valence-corrected chi connectivity index (χ4v) is 2.96. The maximum atomic E-state index is 12.2. The zero-order chi connectivity index (χ0) is 17.5. The Hall–Kier alpha value is -1.33. The Balaban J connectivity index is 1.73. The second kappa shape index (κ2) is 9.23. The van der Waals surface area contributed by atoms with Crippen LogP contribution in [-0.4, -0.2) is 48.1 Å². The highest BCUT2D eigenvalue weighted by Crippen LogP contribution is 2.23. The Morgan fingerprint density at radius 1 is 1.46 bits per heavy atom. The van der Waals surface area contributed by atoms with E-state index in [9.17, 15) is 4.79 Å². The summed E-state index contributed by atoms with van der Waals surface area (Å²) in [5.74, 6) is 1.07. The SMILES string of the molecule is CC1CCN(CCCNC(=O)c2cnc(OC(C)C)c(Cl)c2)CC1. The van der Waals surface area contributed by atoms with Gasteiger partial charge in [-0.3, -0.25) is 4.79 Å². The van der Waals surface area contributed by atoms with Gasteiger partial charge in [0.25, 0.3) is 5.91 Å². The van der Waals surface area contributed by atoms with E-state index in [1.807, 2.05) is 13.8 Å². The molecule has 0 bridgehead atoms. The summed E-state index contributed by atoms with van der Waals surface area (Å²) >= 11 is 6.12. The summed E-state index contributed by atoms with van der Waals surface area (Å²) in [4.78, 5) is 18.8. The molecule has 6 heteroatoms. The van der Waals surface area contributed by atoms with E-state index in [1.165, 1.54) is 32.1 Å². The Morgan fingerprint density at radius 2 is 2.17 bits per heavy atom. The number of carbonyl (C=O) groups excluding carboxylic acids is 1. The predicted molar refractivity (Wildman–Crippen MR) is 96.8 cm³/mol. The lowest BCUT2D eigenvalue weighted by atomic mass is 9.99. The van der Waals surface area contributed by atoms with Gasteiger partial charge in [0.05, 0.1) is 11.7 Å². The number of likely N-dealkylation sites (tertiary alicyclic amines) is 1. The molecule has 2 heterocycles. The van der Waals surface area contributed by atoms with Crippen LogP contribution in [0, 0.1) is 5.92 Å². The Kier molecular flexibility index (Phi) is 7.31. The molecular weight excluding hydrogens is 326 g/mol. The first kappa shape index (κ1) is 19.0. The number of halogens is 1. The monoisotopic (exact) mass is 353 g/mol. The standard InChI is InChI=1S/C18H28ClN3O2/c1-13(2)24-18-16(19)11-15(12-21-18)17(23)20-7-4-8-22-9-5-14(3)6-10-22/h11-14H,4-10H2,1-3H3,(H,20,23). The largest absolute Gasteiger partial charge is 0.474 e. The number of nitrogens with one attached hydrogen (secondary N) is 1. The third kappa shape index (κ3) is 5.95. The number of carbonyl (C=O) groups is 1. The van der Waals surface area contributed by atoms with Gasteiger partial charge in [0, 0.05) is 12.7 Å². The van der Waals surface area contributed by atoms with Crippen molar-refractivity contribution in [1.29, 1.82) is 0 Å². The van der Waals surface area contributed by atoms with Crippen LogP contribution in [-0.2, 0) is 0 Å². The van der Waals surface area contributed by atoms with Crippen LogP contribution in [0.4, 0.5) is 0 Å². The first-order valence-corrected chi connectivity index (χ1v) is 9.16. The molecule has 134 valence electrons. The van der Waals surface area contributed by atoms with Crippen LogP contribution in [0.3, 0.4) is 0 Å². The number of pyridine rings is 1. The summed E-state index contributed by atoms with van der Waals surface area (Å²) < 4.78 is 5.47. The average Bonchev–Trinajstić information content (AvgIpc) is 2.54. The molecule has 0 spiro atoms. The molecule has 1 amide bonds. The van der Waals surface area contributed by atoms with E-state index in [2.05, 4.69) is 22.1 Å². The summed E-state index contributed by atoms with van der Waals surface area (Å²) in [6.45, 7) is 10.2. The van der Waals surface area contributed by atoms with E-state index >= 15 is 0 Å². The molecular formula is C18H28ClN3O2. The molecule has 1 fully saturated rings. The average molecular weight is 354 g/mol. The molecule has 0 radical (unpaired) electrons. The third-order valence-electron chi connectivity index (χ3n) is 4.23. The number of amides is 1. The fraction of sp³-hybridized carbons (Fsp3) is 0.667. The Bertz CT molecular complexity index is 543. The number of hydrogen-bond donors (Lipinski definition) is 1. The van der Waals surface area contributed by atoms with Crippen LogP contribution in [0.15, 0.2) is 12.3 Å². The van der Waals surface area contributed by atoms with Crippen molar-refractivity contribution in [3.63, 3.8) is 0 Å². The minimum absolute atomic E-state index is 0.00699. The normalized spacial score (nSPS) is 16.4. The number of ether oxygens (including phenoxy) is 1. The van der Waals surface area contributed by atoms with E-state index in [0.717, 1.165) is 18.9 Å². The van der Waals surface area contributed by atoms with Crippen molar-refractivity contribution in [2.75, 3.05) is 26.2 Å². The number of piperidine rings is 1. The molecule has 1 aromatic rings. The lowest BCUT2D eigenvalue weighted by Crippen LogP contribution is -2.35. The second-order valence-electron chi connectivity index (χ2n) is 6.81. The van der Waals surface area contributed by atoms with E-state index < -0.39 is 0 Å². The van der Waals surface area contributed by atoms with E-state index in [1.54, 1.807) is 6.07 Å². The summed E-state index contributed by atoms with van der Waals surface area (Å²) in [7, 11) is 0. The Labute approximate surface area is 149 Å². The number of hydrogen-bond acceptors (Lipinski definition) is 4. The molecule has 24 heavy (non-hydrogen) atoms. The molecule has 1 saturated heterocycles. The first-order valence-electron chi connectivity index (χ1n) is 8.78. The number of rotatable bonds is 7. The van der Waals surface area contributed by atoms with Gasteiger partial charge in [-0.1, -0.05) is 18.5 Å². The smallest absolute Gasteiger partial charge is 0.252 e. The number of aromatic nitrogens is 1. The van der Waals surface area contributed by atoms with Crippen molar-refractivity contribution >= 4 is 17.5 Å². The molecule has 0 atom stereocenters. The van der Waals surface area contributed by atoms with Gasteiger partial charge in [0.15, 0.2) is 0 Å². The molecule has 1 N–H and O–H groups in total. The Morgan fingerprint density at radius 3 is 2.79 bits per heavy atom. The summed E-state index contributed by atoms with van der Waals surface area (Å²) in [6.07, 6.45) is 5.01. The third-order valence-corrected chi connectivity index (χ3v) is 4.50. The van der Waals surface area contributed by atoms with Crippen LogP contribution in [0.1, 0.15) is 50.4 Å². The number of nitrogens with zero attached hydrogens (tertiary/aromatic N) is 2. The molecule has 0 aliphatic carbocycles. The van der Waals surface area contributed by atoms with Crippen molar-refractivity contribution < 1.29 is 9.53 Å². The summed E-state index contributed by atoms with van der Waals surface area (Å²) in [6, 6.07) is 1.60. The molecule has 5 nitrogen and oxygen atoms in total. The van der Waals surface area contributed by atoms with E-state index in [-0.39, 0.29) is 12.0 Å². The van der Waals surface area contributed by atoms with Gasteiger partial charge < -0.3 is 15.0 Å². The van der Waals surface area contributed by atoms with Crippen LogP contribution >= 0.6 is 11.6 Å². The minimum atomic E-state index is -0.146. The van der Waals surface area contributed by atoms with Crippen LogP contribution < -0.4 is 10.1 Å². The van der Waals surface area contributed by atoms with Crippen molar-refractivity contribution in [3.05, 3.63) is 22.8 Å². The maximum absolute atomic E-state index is 12.2. The molecule has 1 aliphatic heterocycles. The van der Waals surface area contributed by atoms with E-state index in [0.29, 0.717) is 23.0 Å². The zero-order valence-corrected chi connectivity index (χ0v) is 15.6. The first-order chi connectivity index (χ1) is 11.5. The molecule has 1 aromatic heterocycles. The highest BCUT2D eigenvalue weighted by molar-refractivity contribution is 6.32. The lowest BCUT2D eigenvalue weighted by molar-refractivity contribution is 0.0950. The fourth-order valence-electron chi connectivity index (χ4n) is 2.75. The molecule has 2 rings (SSSR count). The van der Waals surface area contributed by atoms with Gasteiger partial charge in [0.2, 0.25) is 5.88 Å². The van der Waals surface area contributed by atoms with Crippen LogP contribution in [0.2, 0.25) is 5.02 Å². The van der Waals surface area contributed by atoms with Crippen LogP contribution in [0.25, 0.3) is 0 Å². The van der Waals surface area contributed by atoms with Crippen molar-refractivity contribution in [2.45, 2.75) is 46.1 Å². The molecule has 0 aromatic carbocycles.